The van der Waals surface area contributed by atoms with E-state index in [0.29, 0.717) is 0 Å². The Kier molecular flexibility index (Phi) is 3.51. The zero-order chi connectivity index (χ0) is 16.5. The first kappa shape index (κ1) is 14.5. The van der Waals surface area contributed by atoms with Crippen LogP contribution in [0.2, 0.25) is 0 Å². The number of Topliss-reactive ketones (excluding diaryl/α,β-unsaturated/α-hetero) is 1. The molecule has 0 fully saturated rings. The third kappa shape index (κ3) is 2.24. The van der Waals surface area contributed by atoms with Gasteiger partial charge in [-0.1, -0.05) is 66.7 Å². The summed E-state index contributed by atoms with van der Waals surface area (Å²) in [7, 11) is 1.64. The van der Waals surface area contributed by atoms with Crippen molar-refractivity contribution in [2.75, 3.05) is 7.11 Å². The van der Waals surface area contributed by atoms with Crippen molar-refractivity contribution in [2.45, 2.75) is 0 Å². The molecule has 3 aromatic rings. The molecule has 0 radical (unpaired) electrons. The summed E-state index contributed by atoms with van der Waals surface area (Å²) in [6, 6.07) is 25.6. The molecule has 0 heterocycles. The van der Waals surface area contributed by atoms with Crippen molar-refractivity contribution in [2.24, 2.45) is 0 Å². The van der Waals surface area contributed by atoms with Crippen molar-refractivity contribution >= 4 is 16.9 Å². The van der Waals surface area contributed by atoms with Crippen molar-refractivity contribution in [3.63, 3.8) is 0 Å². The fourth-order valence-electron chi connectivity index (χ4n) is 3.22. The van der Waals surface area contributed by atoms with Gasteiger partial charge in [0.05, 0.1) is 7.11 Å². The third-order valence-corrected chi connectivity index (χ3v) is 4.36. The molecule has 4 rings (SSSR count). The number of ether oxygens (including phenoxy) is 1. The molecule has 0 bridgehead atoms. The van der Waals surface area contributed by atoms with E-state index in [0.717, 1.165) is 39.1 Å². The first-order valence-electron chi connectivity index (χ1n) is 7.88. The summed E-state index contributed by atoms with van der Waals surface area (Å²) in [5.41, 5.74) is 5.49. The minimum Gasteiger partial charge on any atom is -0.497 e. The van der Waals surface area contributed by atoms with Crippen LogP contribution in [0, 0.1) is 0 Å². The smallest absolute Gasteiger partial charge is 0.194 e. The molecular weight excluding hydrogens is 296 g/mol. The van der Waals surface area contributed by atoms with E-state index in [-0.39, 0.29) is 5.78 Å². The summed E-state index contributed by atoms with van der Waals surface area (Å²) in [4.78, 5) is 13.0. The predicted octanol–water partition coefficient (Wildman–Crippen LogP) is 4.85. The summed E-state index contributed by atoms with van der Waals surface area (Å²) >= 11 is 0. The summed E-state index contributed by atoms with van der Waals surface area (Å²) in [5.74, 6) is 0.859. The molecule has 0 aromatic heterocycles. The molecule has 2 nitrogen and oxygen atoms in total. The van der Waals surface area contributed by atoms with Crippen LogP contribution in [-0.4, -0.2) is 12.9 Å². The Hall–Kier alpha value is -3.13. The summed E-state index contributed by atoms with van der Waals surface area (Å²) in [5, 5.41) is 0. The van der Waals surface area contributed by atoms with Crippen LogP contribution in [-0.2, 0) is 0 Å². The van der Waals surface area contributed by atoms with Crippen LogP contribution in [0.4, 0.5) is 0 Å². The van der Waals surface area contributed by atoms with Crippen LogP contribution in [0.3, 0.4) is 0 Å². The van der Waals surface area contributed by atoms with E-state index in [1.54, 1.807) is 7.11 Å². The molecule has 24 heavy (non-hydrogen) atoms. The van der Waals surface area contributed by atoms with Gasteiger partial charge in [-0.05, 0) is 28.8 Å². The lowest BCUT2D eigenvalue weighted by molar-refractivity contribution is 0.105. The largest absolute Gasteiger partial charge is 0.497 e. The molecule has 3 aromatic carbocycles. The van der Waals surface area contributed by atoms with E-state index in [9.17, 15) is 4.79 Å². The van der Waals surface area contributed by atoms with Crippen molar-refractivity contribution in [3.05, 3.63) is 101 Å². The zero-order valence-corrected chi connectivity index (χ0v) is 13.3. The minimum absolute atomic E-state index is 0.0784. The molecule has 1 aliphatic carbocycles. The maximum Gasteiger partial charge on any atom is 0.194 e. The Morgan fingerprint density at radius 3 is 1.88 bits per heavy atom. The zero-order valence-electron chi connectivity index (χ0n) is 13.3. The molecule has 0 saturated carbocycles. The molecule has 0 spiro atoms. The van der Waals surface area contributed by atoms with Gasteiger partial charge in [0, 0.05) is 16.7 Å². The van der Waals surface area contributed by atoms with Gasteiger partial charge < -0.3 is 4.74 Å². The Balaban J connectivity index is 1.97. The van der Waals surface area contributed by atoms with Crippen LogP contribution in [0.5, 0.6) is 5.75 Å². The molecule has 2 heteroatoms. The molecule has 0 unspecified atom stereocenters. The highest BCUT2D eigenvalue weighted by molar-refractivity contribution is 6.41. The van der Waals surface area contributed by atoms with Crippen molar-refractivity contribution < 1.29 is 9.53 Å². The van der Waals surface area contributed by atoms with Gasteiger partial charge in [-0.25, -0.2) is 0 Å². The van der Waals surface area contributed by atoms with Crippen LogP contribution in [0.15, 0.2) is 78.9 Å². The average Bonchev–Trinajstić information content (AvgIpc) is 2.95. The first-order chi connectivity index (χ1) is 11.8. The molecule has 1 aliphatic rings. The number of carbonyl (C=O) groups is 1. The monoisotopic (exact) mass is 312 g/mol. The highest BCUT2D eigenvalue weighted by Crippen LogP contribution is 2.42. The number of fused-ring (bicyclic) bond motifs is 1. The average molecular weight is 312 g/mol. The Morgan fingerprint density at radius 2 is 1.21 bits per heavy atom. The molecule has 0 saturated heterocycles. The van der Waals surface area contributed by atoms with E-state index >= 15 is 0 Å². The molecule has 116 valence electrons. The van der Waals surface area contributed by atoms with E-state index in [2.05, 4.69) is 0 Å². The number of hydrogen-bond donors (Lipinski definition) is 0. The second-order valence-electron chi connectivity index (χ2n) is 5.72. The number of rotatable bonds is 3. The second kappa shape index (κ2) is 5.82. The van der Waals surface area contributed by atoms with E-state index in [4.69, 9.17) is 4.74 Å². The Bertz CT molecular complexity index is 935. The lowest BCUT2D eigenvalue weighted by Crippen LogP contribution is -1.98. The number of benzene rings is 3. The maximum atomic E-state index is 13.0. The first-order valence-corrected chi connectivity index (χ1v) is 7.88. The number of allylic oxidation sites excluding steroid dienone is 1. The van der Waals surface area contributed by atoms with Crippen molar-refractivity contribution in [3.8, 4) is 5.75 Å². The van der Waals surface area contributed by atoms with Crippen LogP contribution in [0.1, 0.15) is 27.0 Å². The van der Waals surface area contributed by atoms with Gasteiger partial charge in [0.25, 0.3) is 0 Å². The Labute approximate surface area is 141 Å². The fourth-order valence-corrected chi connectivity index (χ4v) is 3.22. The minimum atomic E-state index is 0.0784. The van der Waals surface area contributed by atoms with Crippen molar-refractivity contribution in [1.82, 2.24) is 0 Å². The lowest BCUT2D eigenvalue weighted by Gasteiger charge is -2.09. The molecular formula is C22H16O2. The molecule has 0 atom stereocenters. The lowest BCUT2D eigenvalue weighted by atomic mass is 9.94. The van der Waals surface area contributed by atoms with Crippen molar-refractivity contribution in [1.29, 1.82) is 0 Å². The molecule has 0 N–H and O–H groups in total. The standard InChI is InChI=1S/C22H16O2/c1-24-17-13-11-16(12-14-17)21-20(15-7-3-2-4-8-15)18-9-5-6-10-19(18)22(21)23/h2-14H,1H3. The van der Waals surface area contributed by atoms with E-state index in [1.807, 2.05) is 78.9 Å². The van der Waals surface area contributed by atoms with Gasteiger partial charge in [0.2, 0.25) is 0 Å². The molecule has 0 aliphatic heterocycles. The maximum absolute atomic E-state index is 13.0. The van der Waals surface area contributed by atoms with Gasteiger partial charge >= 0.3 is 0 Å². The fraction of sp³-hybridized carbons (Fsp3) is 0.0455. The number of hydrogen-bond acceptors (Lipinski definition) is 2. The third-order valence-electron chi connectivity index (χ3n) is 4.36. The van der Waals surface area contributed by atoms with Gasteiger partial charge in [0.1, 0.15) is 5.75 Å². The molecule has 0 amide bonds. The van der Waals surface area contributed by atoms with Gasteiger partial charge in [0.15, 0.2) is 5.78 Å². The second-order valence-corrected chi connectivity index (χ2v) is 5.72. The van der Waals surface area contributed by atoms with Gasteiger partial charge in [-0.15, -0.1) is 0 Å². The summed E-state index contributed by atoms with van der Waals surface area (Å²) < 4.78 is 5.23. The Morgan fingerprint density at radius 1 is 0.625 bits per heavy atom. The van der Waals surface area contributed by atoms with Gasteiger partial charge in [-0.3, -0.25) is 4.79 Å². The summed E-state index contributed by atoms with van der Waals surface area (Å²) in [6.45, 7) is 0. The van der Waals surface area contributed by atoms with Gasteiger partial charge in [-0.2, -0.15) is 0 Å². The quantitative estimate of drug-likeness (QED) is 0.691. The van der Waals surface area contributed by atoms with E-state index < -0.39 is 0 Å². The van der Waals surface area contributed by atoms with Crippen LogP contribution >= 0.6 is 0 Å². The van der Waals surface area contributed by atoms with E-state index in [1.165, 1.54) is 0 Å². The number of carbonyl (C=O) groups excluding carboxylic acids is 1. The summed E-state index contributed by atoms with van der Waals surface area (Å²) in [6.07, 6.45) is 0. The van der Waals surface area contributed by atoms with Crippen LogP contribution in [0.25, 0.3) is 11.1 Å². The highest BCUT2D eigenvalue weighted by atomic mass is 16.5. The normalized spacial score (nSPS) is 13.1. The predicted molar refractivity (Wildman–Crippen MR) is 96.1 cm³/mol. The number of ketones is 1. The SMILES string of the molecule is COc1ccc(C2=C(c3ccccc3)c3ccccc3C2=O)cc1. The van der Waals surface area contributed by atoms with Crippen LogP contribution < -0.4 is 4.74 Å². The highest BCUT2D eigenvalue weighted by Gasteiger charge is 2.30. The number of methoxy groups -OCH3 is 1. The topological polar surface area (TPSA) is 26.3 Å².